The van der Waals surface area contributed by atoms with Crippen molar-refractivity contribution in [3.05, 3.63) is 29.8 Å². The first-order valence-electron chi connectivity index (χ1n) is 7.60. The van der Waals surface area contributed by atoms with Crippen LogP contribution >= 0.6 is 0 Å². The maximum Gasteiger partial charge on any atom is 0.210 e. The van der Waals surface area contributed by atoms with Gasteiger partial charge in [0, 0.05) is 5.69 Å². The zero-order valence-electron chi connectivity index (χ0n) is 12.5. The first kappa shape index (κ1) is 14.9. The fraction of sp³-hybridized carbons (Fsp3) is 0.562. The molecule has 0 amide bonds. The van der Waals surface area contributed by atoms with Crippen molar-refractivity contribution < 1.29 is 0 Å². The van der Waals surface area contributed by atoms with E-state index in [4.69, 9.17) is 10.8 Å². The van der Waals surface area contributed by atoms with Gasteiger partial charge in [-0.3, -0.25) is 5.43 Å². The van der Waals surface area contributed by atoms with Gasteiger partial charge >= 0.3 is 0 Å². The highest BCUT2D eigenvalue weighted by Crippen LogP contribution is 2.21. The SMILES string of the molecule is CC(C)c1cccc(NC(=NC2CCCCC2)NN)c1. The highest BCUT2D eigenvalue weighted by Gasteiger charge is 2.13. The van der Waals surface area contributed by atoms with Gasteiger partial charge in [-0.25, -0.2) is 10.8 Å². The van der Waals surface area contributed by atoms with Gasteiger partial charge in [-0.2, -0.15) is 0 Å². The maximum atomic E-state index is 5.59. The molecule has 0 spiro atoms. The molecule has 2 rings (SSSR count). The summed E-state index contributed by atoms with van der Waals surface area (Å²) in [6, 6.07) is 8.80. The molecule has 4 heteroatoms. The minimum absolute atomic E-state index is 0.399. The second-order valence-corrected chi connectivity index (χ2v) is 5.82. The van der Waals surface area contributed by atoms with Crippen LogP contribution in [-0.4, -0.2) is 12.0 Å². The van der Waals surface area contributed by atoms with Crippen molar-refractivity contribution >= 4 is 11.6 Å². The largest absolute Gasteiger partial charge is 0.325 e. The van der Waals surface area contributed by atoms with Crippen molar-refractivity contribution in [3.63, 3.8) is 0 Å². The predicted molar refractivity (Wildman–Crippen MR) is 85.8 cm³/mol. The molecule has 4 N–H and O–H groups in total. The fourth-order valence-electron chi connectivity index (χ4n) is 2.61. The summed E-state index contributed by atoms with van der Waals surface area (Å²) in [5.74, 6) is 6.77. The molecule has 1 saturated carbocycles. The Labute approximate surface area is 121 Å². The average Bonchev–Trinajstić information content (AvgIpc) is 2.48. The Hall–Kier alpha value is -1.55. The quantitative estimate of drug-likeness (QED) is 0.343. The number of benzene rings is 1. The number of anilines is 1. The lowest BCUT2D eigenvalue weighted by atomic mass is 9.96. The molecule has 1 aromatic carbocycles. The van der Waals surface area contributed by atoms with Crippen LogP contribution in [0.1, 0.15) is 57.4 Å². The van der Waals surface area contributed by atoms with E-state index in [1.165, 1.54) is 37.7 Å². The molecular weight excluding hydrogens is 248 g/mol. The van der Waals surface area contributed by atoms with Crippen LogP contribution in [0.4, 0.5) is 5.69 Å². The number of rotatable bonds is 3. The van der Waals surface area contributed by atoms with Crippen LogP contribution in [0, 0.1) is 0 Å². The van der Waals surface area contributed by atoms with E-state index in [9.17, 15) is 0 Å². The van der Waals surface area contributed by atoms with Crippen LogP contribution in [0.5, 0.6) is 0 Å². The van der Waals surface area contributed by atoms with Crippen LogP contribution < -0.4 is 16.6 Å². The molecule has 0 aromatic heterocycles. The molecule has 0 heterocycles. The summed E-state index contributed by atoms with van der Waals surface area (Å²) in [6.45, 7) is 4.38. The number of aliphatic imine (C=N–C) groups is 1. The van der Waals surface area contributed by atoms with E-state index in [1.807, 2.05) is 6.07 Å². The number of nitrogens with two attached hydrogens (primary N) is 1. The number of hydrogen-bond acceptors (Lipinski definition) is 2. The van der Waals surface area contributed by atoms with Gasteiger partial charge in [0.1, 0.15) is 0 Å². The number of hydrogen-bond donors (Lipinski definition) is 3. The van der Waals surface area contributed by atoms with E-state index in [-0.39, 0.29) is 0 Å². The third kappa shape index (κ3) is 4.23. The minimum atomic E-state index is 0.399. The molecule has 1 fully saturated rings. The van der Waals surface area contributed by atoms with Crippen molar-refractivity contribution in [1.29, 1.82) is 0 Å². The highest BCUT2D eigenvalue weighted by atomic mass is 15.3. The standard InChI is InChI=1S/C16H26N4/c1-12(2)13-7-6-10-15(11-13)19-16(20-17)18-14-8-4-3-5-9-14/h6-7,10-12,14H,3-5,8-9,17H2,1-2H3,(H2,18,19,20). The Morgan fingerprint density at radius 1 is 1.25 bits per heavy atom. The molecule has 0 atom stereocenters. The molecule has 20 heavy (non-hydrogen) atoms. The Bertz CT molecular complexity index is 448. The Morgan fingerprint density at radius 2 is 2.00 bits per heavy atom. The van der Waals surface area contributed by atoms with Crippen LogP contribution in [0.15, 0.2) is 29.3 Å². The Balaban J connectivity index is 2.05. The summed E-state index contributed by atoms with van der Waals surface area (Å²) in [5, 5.41) is 3.29. The smallest absolute Gasteiger partial charge is 0.210 e. The number of guanidine groups is 1. The van der Waals surface area contributed by atoms with Gasteiger partial charge in [-0.05, 0) is 36.5 Å². The second kappa shape index (κ2) is 7.29. The van der Waals surface area contributed by atoms with Crippen molar-refractivity contribution in [2.45, 2.75) is 57.9 Å². The molecule has 1 aliphatic rings. The fourth-order valence-corrected chi connectivity index (χ4v) is 2.61. The zero-order chi connectivity index (χ0) is 14.4. The van der Waals surface area contributed by atoms with Gasteiger partial charge in [0.05, 0.1) is 6.04 Å². The third-order valence-corrected chi connectivity index (χ3v) is 3.84. The van der Waals surface area contributed by atoms with E-state index in [1.54, 1.807) is 0 Å². The molecule has 110 valence electrons. The summed E-state index contributed by atoms with van der Waals surface area (Å²) in [4.78, 5) is 4.69. The van der Waals surface area contributed by atoms with Crippen molar-refractivity contribution in [3.8, 4) is 0 Å². The van der Waals surface area contributed by atoms with Crippen LogP contribution in [0.25, 0.3) is 0 Å². The summed E-state index contributed by atoms with van der Waals surface area (Å²) in [5.41, 5.74) is 5.03. The molecule has 0 saturated heterocycles. The van der Waals surface area contributed by atoms with Crippen molar-refractivity contribution in [1.82, 2.24) is 5.43 Å². The lowest BCUT2D eigenvalue weighted by Gasteiger charge is -2.19. The molecule has 4 nitrogen and oxygen atoms in total. The monoisotopic (exact) mass is 274 g/mol. The zero-order valence-corrected chi connectivity index (χ0v) is 12.5. The first-order chi connectivity index (χ1) is 9.69. The number of nitrogens with one attached hydrogen (secondary N) is 2. The summed E-state index contributed by atoms with van der Waals surface area (Å²) < 4.78 is 0. The Morgan fingerprint density at radius 3 is 2.65 bits per heavy atom. The highest BCUT2D eigenvalue weighted by molar-refractivity contribution is 5.93. The lowest BCUT2D eigenvalue weighted by molar-refractivity contribution is 0.442. The van der Waals surface area contributed by atoms with E-state index < -0.39 is 0 Å². The summed E-state index contributed by atoms with van der Waals surface area (Å²) in [7, 11) is 0. The topological polar surface area (TPSA) is 62.4 Å². The van der Waals surface area contributed by atoms with E-state index in [2.05, 4.69) is 42.8 Å². The van der Waals surface area contributed by atoms with Gasteiger partial charge in [-0.1, -0.05) is 45.2 Å². The van der Waals surface area contributed by atoms with Crippen LogP contribution in [0.3, 0.4) is 0 Å². The van der Waals surface area contributed by atoms with Crippen LogP contribution in [-0.2, 0) is 0 Å². The van der Waals surface area contributed by atoms with Crippen molar-refractivity contribution in [2.24, 2.45) is 10.8 Å². The number of nitrogens with zero attached hydrogens (tertiary/aromatic N) is 1. The molecule has 0 radical (unpaired) electrons. The van der Waals surface area contributed by atoms with E-state index in [0.717, 1.165) is 5.69 Å². The Kier molecular flexibility index (Phi) is 5.41. The molecule has 0 unspecified atom stereocenters. The summed E-state index contributed by atoms with van der Waals surface area (Å²) in [6.07, 6.45) is 6.21. The molecule has 1 aliphatic carbocycles. The first-order valence-corrected chi connectivity index (χ1v) is 7.60. The lowest BCUT2D eigenvalue weighted by Crippen LogP contribution is -2.37. The molecule has 0 aliphatic heterocycles. The van der Waals surface area contributed by atoms with Crippen LogP contribution in [0.2, 0.25) is 0 Å². The van der Waals surface area contributed by atoms with Gasteiger partial charge in [-0.15, -0.1) is 0 Å². The normalized spacial score (nSPS) is 17.3. The molecule has 0 bridgehead atoms. The predicted octanol–water partition coefficient (Wildman–Crippen LogP) is 3.37. The maximum absolute atomic E-state index is 5.59. The summed E-state index contributed by atoms with van der Waals surface area (Å²) >= 11 is 0. The second-order valence-electron chi connectivity index (χ2n) is 5.82. The molecular formula is C16H26N4. The number of hydrazine groups is 1. The average molecular weight is 274 g/mol. The van der Waals surface area contributed by atoms with Gasteiger partial charge in [0.2, 0.25) is 5.96 Å². The van der Waals surface area contributed by atoms with E-state index >= 15 is 0 Å². The van der Waals surface area contributed by atoms with Gasteiger partial charge in [0.25, 0.3) is 0 Å². The van der Waals surface area contributed by atoms with E-state index in [0.29, 0.717) is 17.9 Å². The minimum Gasteiger partial charge on any atom is -0.325 e. The molecule has 1 aromatic rings. The third-order valence-electron chi connectivity index (χ3n) is 3.84. The van der Waals surface area contributed by atoms with Crippen molar-refractivity contribution in [2.75, 3.05) is 5.32 Å². The van der Waals surface area contributed by atoms with Gasteiger partial charge < -0.3 is 5.32 Å². The van der Waals surface area contributed by atoms with Gasteiger partial charge in [0.15, 0.2) is 0 Å².